The molecule has 1 aliphatic carbocycles. The molecule has 0 radical (unpaired) electrons. The number of fused-ring (bicyclic) bond motifs is 2. The Labute approximate surface area is 193 Å². The average Bonchev–Trinajstić information content (AvgIpc) is 3.26. The molecule has 1 N–H and O–H groups in total. The van der Waals surface area contributed by atoms with Crippen molar-refractivity contribution < 1.29 is 9.18 Å². The molecule has 0 aliphatic heterocycles. The number of hydrogen-bond donors (Lipinski definition) is 1. The van der Waals surface area contributed by atoms with Gasteiger partial charge in [-0.2, -0.15) is 0 Å². The van der Waals surface area contributed by atoms with Crippen molar-refractivity contribution in [1.82, 2.24) is 19.9 Å². The summed E-state index contributed by atoms with van der Waals surface area (Å²) in [4.78, 5) is 26.6. The Kier molecular flexibility index (Phi) is 5.60. The van der Waals surface area contributed by atoms with E-state index in [1.807, 2.05) is 24.4 Å². The second-order valence-electron chi connectivity index (χ2n) is 9.52. The van der Waals surface area contributed by atoms with Gasteiger partial charge in [-0.15, -0.1) is 0 Å². The predicted octanol–water partition coefficient (Wildman–Crippen LogP) is 6.03. The zero-order chi connectivity index (χ0) is 23.1. The molecule has 1 saturated carbocycles. The molecule has 2 heterocycles. The van der Waals surface area contributed by atoms with Gasteiger partial charge in [0.05, 0.1) is 16.6 Å². The van der Waals surface area contributed by atoms with Crippen molar-refractivity contribution in [3.8, 4) is 0 Å². The molecule has 1 fully saturated rings. The summed E-state index contributed by atoms with van der Waals surface area (Å²) in [5, 5.41) is 0.939. The zero-order valence-corrected chi connectivity index (χ0v) is 19.3. The summed E-state index contributed by atoms with van der Waals surface area (Å²) in [5.41, 5.74) is 4.53. The maximum atomic E-state index is 13.9. The highest BCUT2D eigenvalue weighted by atomic mass is 19.1. The molecule has 0 bridgehead atoms. The van der Waals surface area contributed by atoms with Crippen molar-refractivity contribution in [2.45, 2.75) is 44.4 Å². The summed E-state index contributed by atoms with van der Waals surface area (Å²) in [7, 11) is 3.51. The Hall–Kier alpha value is -3.28. The third kappa shape index (κ3) is 4.10. The van der Waals surface area contributed by atoms with Crippen molar-refractivity contribution >= 4 is 27.8 Å². The highest BCUT2D eigenvalue weighted by Gasteiger charge is 2.29. The summed E-state index contributed by atoms with van der Waals surface area (Å²) < 4.78 is 13.9. The molecule has 5 nitrogen and oxygen atoms in total. The number of imidazole rings is 1. The zero-order valence-electron chi connectivity index (χ0n) is 19.3. The lowest BCUT2D eigenvalue weighted by molar-refractivity contribution is 0.0827. The molecule has 4 aromatic rings. The standard InChI is InChI=1S/C27H29FN4O/c1-16(26-30-24-10-8-19(14-25(24)31-26)27(33)32(2)3)17-4-6-18(7-5-17)21-12-13-29-23-11-9-20(28)15-22(21)23/h8-18H,4-7H2,1-3H3,(H,30,31)/t16-,17-,18+/m1/s1. The number of carbonyl (C=O) groups excluding carboxylic acids is 1. The van der Waals surface area contributed by atoms with E-state index in [9.17, 15) is 9.18 Å². The van der Waals surface area contributed by atoms with E-state index < -0.39 is 0 Å². The van der Waals surface area contributed by atoms with Crippen LogP contribution in [0.3, 0.4) is 0 Å². The third-order valence-electron chi connectivity index (χ3n) is 7.24. The molecule has 2 aromatic carbocycles. The van der Waals surface area contributed by atoms with Gasteiger partial charge in [0.2, 0.25) is 0 Å². The van der Waals surface area contributed by atoms with Crippen molar-refractivity contribution in [1.29, 1.82) is 0 Å². The second kappa shape index (κ2) is 8.58. The molecule has 0 saturated heterocycles. The highest BCUT2D eigenvalue weighted by molar-refractivity contribution is 5.97. The Morgan fingerprint density at radius 3 is 2.61 bits per heavy atom. The number of nitrogens with zero attached hydrogens (tertiary/aromatic N) is 3. The summed E-state index contributed by atoms with van der Waals surface area (Å²) in [5.74, 6) is 2.03. The number of aromatic nitrogens is 3. The molecule has 33 heavy (non-hydrogen) atoms. The van der Waals surface area contributed by atoms with Gasteiger partial charge in [-0.25, -0.2) is 9.37 Å². The van der Waals surface area contributed by atoms with Gasteiger partial charge in [0, 0.05) is 37.2 Å². The number of hydrogen-bond acceptors (Lipinski definition) is 3. The van der Waals surface area contributed by atoms with Crippen LogP contribution in [0.25, 0.3) is 21.9 Å². The Morgan fingerprint density at radius 2 is 1.85 bits per heavy atom. The van der Waals surface area contributed by atoms with Crippen molar-refractivity contribution in [2.75, 3.05) is 14.1 Å². The lowest BCUT2D eigenvalue weighted by atomic mass is 9.73. The number of pyridine rings is 1. The summed E-state index contributed by atoms with van der Waals surface area (Å²) in [6.45, 7) is 2.24. The van der Waals surface area contributed by atoms with Crippen molar-refractivity contribution in [3.05, 3.63) is 71.4 Å². The van der Waals surface area contributed by atoms with Gasteiger partial charge in [0.1, 0.15) is 11.6 Å². The minimum atomic E-state index is -0.209. The minimum Gasteiger partial charge on any atom is -0.345 e. The number of aromatic amines is 1. The fourth-order valence-electron chi connectivity index (χ4n) is 5.28. The number of H-pyrrole nitrogens is 1. The van der Waals surface area contributed by atoms with E-state index >= 15 is 0 Å². The molecule has 5 rings (SSSR count). The average molecular weight is 445 g/mol. The molecule has 0 unspecified atom stereocenters. The van der Waals surface area contributed by atoms with E-state index in [2.05, 4.69) is 23.0 Å². The fraction of sp³-hybridized carbons (Fsp3) is 0.370. The van der Waals surface area contributed by atoms with Gasteiger partial charge in [-0.1, -0.05) is 6.92 Å². The largest absolute Gasteiger partial charge is 0.345 e. The van der Waals surface area contributed by atoms with Crippen LogP contribution in [-0.4, -0.2) is 39.9 Å². The van der Waals surface area contributed by atoms with Crippen LogP contribution in [0.15, 0.2) is 48.7 Å². The van der Waals surface area contributed by atoms with Crippen molar-refractivity contribution in [3.63, 3.8) is 0 Å². The molecule has 1 amide bonds. The smallest absolute Gasteiger partial charge is 0.253 e. The van der Waals surface area contributed by atoms with Gasteiger partial charge >= 0.3 is 0 Å². The maximum absolute atomic E-state index is 13.9. The Balaban J connectivity index is 1.32. The van der Waals surface area contributed by atoms with E-state index in [1.54, 1.807) is 31.1 Å². The first-order valence-electron chi connectivity index (χ1n) is 11.7. The first kappa shape index (κ1) is 21.6. The van der Waals surface area contributed by atoms with Gasteiger partial charge in [-0.05, 0) is 85.5 Å². The van der Waals surface area contributed by atoms with Crippen LogP contribution in [0.2, 0.25) is 0 Å². The normalized spacial score (nSPS) is 19.6. The molecule has 1 atom stereocenters. The minimum absolute atomic E-state index is 0.0173. The number of carbonyl (C=O) groups is 1. The molecular formula is C27H29FN4O. The van der Waals surface area contributed by atoms with Crippen LogP contribution in [0.4, 0.5) is 4.39 Å². The maximum Gasteiger partial charge on any atom is 0.253 e. The van der Waals surface area contributed by atoms with E-state index in [0.29, 0.717) is 23.3 Å². The van der Waals surface area contributed by atoms with Crippen LogP contribution in [0, 0.1) is 11.7 Å². The number of amides is 1. The topological polar surface area (TPSA) is 61.9 Å². The first-order valence-corrected chi connectivity index (χ1v) is 11.7. The number of halogens is 1. The van der Waals surface area contributed by atoms with Gasteiger partial charge in [0.15, 0.2) is 0 Å². The van der Waals surface area contributed by atoms with Gasteiger partial charge in [0.25, 0.3) is 5.91 Å². The van der Waals surface area contributed by atoms with Gasteiger partial charge in [-0.3, -0.25) is 9.78 Å². The lowest BCUT2D eigenvalue weighted by Gasteiger charge is -2.32. The number of benzene rings is 2. The summed E-state index contributed by atoms with van der Waals surface area (Å²) in [6, 6.07) is 12.6. The summed E-state index contributed by atoms with van der Waals surface area (Å²) in [6.07, 6.45) is 6.20. The van der Waals surface area contributed by atoms with E-state index in [-0.39, 0.29) is 11.7 Å². The quantitative estimate of drug-likeness (QED) is 0.418. The monoisotopic (exact) mass is 444 g/mol. The Morgan fingerprint density at radius 1 is 1.06 bits per heavy atom. The second-order valence-corrected chi connectivity index (χ2v) is 9.52. The van der Waals surface area contributed by atoms with Crippen LogP contribution < -0.4 is 0 Å². The van der Waals surface area contributed by atoms with E-state index in [0.717, 1.165) is 53.4 Å². The van der Waals surface area contributed by atoms with Crippen LogP contribution in [-0.2, 0) is 0 Å². The highest BCUT2D eigenvalue weighted by Crippen LogP contribution is 2.43. The predicted molar refractivity (Wildman–Crippen MR) is 129 cm³/mol. The molecule has 2 aromatic heterocycles. The third-order valence-corrected chi connectivity index (χ3v) is 7.24. The first-order chi connectivity index (χ1) is 15.9. The Bertz CT molecular complexity index is 1320. The van der Waals surface area contributed by atoms with Gasteiger partial charge < -0.3 is 9.88 Å². The number of nitrogens with one attached hydrogen (secondary N) is 1. The molecule has 6 heteroatoms. The van der Waals surface area contributed by atoms with Crippen LogP contribution >= 0.6 is 0 Å². The molecule has 170 valence electrons. The van der Waals surface area contributed by atoms with Crippen LogP contribution in [0.5, 0.6) is 0 Å². The molecule has 0 spiro atoms. The number of rotatable bonds is 4. The lowest BCUT2D eigenvalue weighted by Crippen LogP contribution is -2.21. The molecule has 1 aliphatic rings. The molecular weight excluding hydrogens is 415 g/mol. The fourth-order valence-corrected chi connectivity index (χ4v) is 5.28. The SMILES string of the molecule is C[C@@H](c1nc2cc(C(=O)N(C)C)ccc2[nH]1)[C@H]1CC[C@@H](c2ccnc3ccc(F)cc32)CC1. The van der Waals surface area contributed by atoms with E-state index in [1.165, 1.54) is 11.6 Å². The van der Waals surface area contributed by atoms with Crippen molar-refractivity contribution in [2.24, 2.45) is 5.92 Å². The summed E-state index contributed by atoms with van der Waals surface area (Å²) >= 11 is 0. The van der Waals surface area contributed by atoms with Crippen LogP contribution in [0.1, 0.15) is 66.2 Å². The van der Waals surface area contributed by atoms with E-state index in [4.69, 9.17) is 4.98 Å².